The summed E-state index contributed by atoms with van der Waals surface area (Å²) in [6, 6.07) is 6.95. The van der Waals surface area contributed by atoms with Crippen molar-refractivity contribution in [3.05, 3.63) is 59.3 Å². The Bertz CT molecular complexity index is 875. The molecule has 2 unspecified atom stereocenters. The van der Waals surface area contributed by atoms with Crippen LogP contribution < -0.4 is 5.32 Å². The number of nitrogens with one attached hydrogen (secondary N) is 1. The van der Waals surface area contributed by atoms with E-state index in [4.69, 9.17) is 0 Å². The van der Waals surface area contributed by atoms with Gasteiger partial charge in [0.25, 0.3) is 5.91 Å². The Balaban J connectivity index is 1.75. The normalized spacial score (nSPS) is 20.3. The summed E-state index contributed by atoms with van der Waals surface area (Å²) in [5.74, 6) is -3.82. The van der Waals surface area contributed by atoms with Crippen molar-refractivity contribution in [2.45, 2.75) is 12.6 Å². The number of carbonyl (C=O) groups is 2. The van der Waals surface area contributed by atoms with Gasteiger partial charge in [-0.15, -0.1) is 0 Å². The fourth-order valence-electron chi connectivity index (χ4n) is 3.04. The molecule has 2 heterocycles. The van der Waals surface area contributed by atoms with Crippen molar-refractivity contribution in [3.63, 3.8) is 0 Å². The van der Waals surface area contributed by atoms with Crippen molar-refractivity contribution in [1.29, 1.82) is 0 Å². The smallest absolute Gasteiger partial charge is 0.259 e. The monoisotopic (exact) mass is 377 g/mol. The number of aromatic nitrogens is 1. The van der Waals surface area contributed by atoms with Crippen LogP contribution in [0, 0.1) is 17.6 Å². The number of hydrogen-bond acceptors (Lipinski definition) is 4. The Morgan fingerprint density at radius 2 is 2.00 bits per heavy atom. The van der Waals surface area contributed by atoms with Gasteiger partial charge in [0.2, 0.25) is 0 Å². The van der Waals surface area contributed by atoms with Gasteiger partial charge in [-0.2, -0.15) is 0 Å². The lowest BCUT2D eigenvalue weighted by Crippen LogP contribution is -2.42. The molecule has 27 heavy (non-hydrogen) atoms. The zero-order valence-electron chi connectivity index (χ0n) is 14.6. The topological polar surface area (TPSA) is 62.3 Å². The molecule has 1 N–H and O–H groups in total. The van der Waals surface area contributed by atoms with Crippen LogP contribution in [-0.4, -0.2) is 47.9 Å². The number of alkyl halides is 1. The molecule has 1 aromatic heterocycles. The van der Waals surface area contributed by atoms with E-state index in [1.165, 1.54) is 18.2 Å². The second-order valence-electron chi connectivity index (χ2n) is 6.52. The molecule has 1 amide bonds. The third kappa shape index (κ3) is 4.33. The van der Waals surface area contributed by atoms with Crippen LogP contribution in [0.4, 0.5) is 19.0 Å². The summed E-state index contributed by atoms with van der Waals surface area (Å²) in [6.45, 7) is 0.785. The SMILES string of the molecule is CN1CCC(C(=O)c2cccc(NC(=O)c3ccc(F)cc3F)n2)C(F)C1. The molecule has 2 atom stereocenters. The van der Waals surface area contributed by atoms with Crippen molar-refractivity contribution < 1.29 is 22.8 Å². The fraction of sp³-hybridized carbons (Fsp3) is 0.316. The zero-order chi connectivity index (χ0) is 19.6. The number of piperidine rings is 1. The maximum Gasteiger partial charge on any atom is 0.259 e. The molecule has 0 saturated carbocycles. The van der Waals surface area contributed by atoms with Gasteiger partial charge in [-0.1, -0.05) is 6.07 Å². The van der Waals surface area contributed by atoms with Gasteiger partial charge in [-0.05, 0) is 44.3 Å². The lowest BCUT2D eigenvalue weighted by molar-refractivity contribution is 0.0651. The third-order valence-electron chi connectivity index (χ3n) is 4.50. The zero-order valence-corrected chi connectivity index (χ0v) is 14.6. The fourth-order valence-corrected chi connectivity index (χ4v) is 3.04. The molecule has 1 saturated heterocycles. The van der Waals surface area contributed by atoms with E-state index >= 15 is 0 Å². The Kier molecular flexibility index (Phi) is 5.55. The van der Waals surface area contributed by atoms with Crippen molar-refractivity contribution >= 4 is 17.5 Å². The van der Waals surface area contributed by atoms with Crippen LogP contribution in [0.25, 0.3) is 0 Å². The number of benzene rings is 1. The quantitative estimate of drug-likeness (QED) is 0.832. The Morgan fingerprint density at radius 1 is 1.22 bits per heavy atom. The molecule has 2 aromatic rings. The maximum absolute atomic E-state index is 14.2. The molecule has 0 spiro atoms. The highest BCUT2D eigenvalue weighted by Crippen LogP contribution is 2.24. The molecule has 1 fully saturated rings. The molecule has 0 aliphatic carbocycles. The van der Waals surface area contributed by atoms with Crippen LogP contribution in [0.3, 0.4) is 0 Å². The second kappa shape index (κ2) is 7.87. The standard InChI is InChI=1S/C19H18F3N3O2/c1-25-8-7-12(15(22)10-25)18(26)16-3-2-4-17(23-16)24-19(27)13-6-5-11(20)9-14(13)21/h2-6,9,12,15H,7-8,10H2,1H3,(H,23,24,27). The van der Waals surface area contributed by atoms with Gasteiger partial charge in [0.15, 0.2) is 5.78 Å². The molecule has 1 aliphatic rings. The van der Waals surface area contributed by atoms with E-state index in [2.05, 4.69) is 10.3 Å². The first kappa shape index (κ1) is 19.0. The molecule has 5 nitrogen and oxygen atoms in total. The summed E-state index contributed by atoms with van der Waals surface area (Å²) in [6.07, 6.45) is -0.903. The first-order valence-corrected chi connectivity index (χ1v) is 8.45. The van der Waals surface area contributed by atoms with Gasteiger partial charge in [0, 0.05) is 12.6 Å². The molecule has 0 radical (unpaired) electrons. The number of anilines is 1. The van der Waals surface area contributed by atoms with Crippen LogP contribution >= 0.6 is 0 Å². The summed E-state index contributed by atoms with van der Waals surface area (Å²) < 4.78 is 40.9. The molecular formula is C19H18F3N3O2. The van der Waals surface area contributed by atoms with Crippen molar-refractivity contribution in [2.75, 3.05) is 25.5 Å². The number of pyridine rings is 1. The van der Waals surface area contributed by atoms with Gasteiger partial charge in [0.1, 0.15) is 29.3 Å². The van der Waals surface area contributed by atoms with E-state index in [1.807, 2.05) is 4.90 Å². The van der Waals surface area contributed by atoms with Gasteiger partial charge in [0.05, 0.1) is 11.5 Å². The number of ketones is 1. The van der Waals surface area contributed by atoms with Gasteiger partial charge in [-0.25, -0.2) is 18.2 Å². The van der Waals surface area contributed by atoms with Crippen LogP contribution in [-0.2, 0) is 0 Å². The number of hydrogen-bond donors (Lipinski definition) is 1. The number of halogens is 3. The molecule has 1 aromatic carbocycles. The lowest BCUT2D eigenvalue weighted by Gasteiger charge is -2.31. The average Bonchev–Trinajstić information content (AvgIpc) is 2.61. The van der Waals surface area contributed by atoms with Crippen molar-refractivity contribution in [3.8, 4) is 0 Å². The van der Waals surface area contributed by atoms with Crippen LogP contribution in [0.15, 0.2) is 36.4 Å². The van der Waals surface area contributed by atoms with E-state index in [1.54, 1.807) is 7.05 Å². The molecule has 142 valence electrons. The predicted octanol–water partition coefficient (Wildman–Crippen LogP) is 3.08. The summed E-state index contributed by atoms with van der Waals surface area (Å²) in [5.41, 5.74) is -0.321. The summed E-state index contributed by atoms with van der Waals surface area (Å²) in [5, 5.41) is 2.37. The molecule has 0 bridgehead atoms. The predicted molar refractivity (Wildman–Crippen MR) is 93.4 cm³/mol. The minimum absolute atomic E-state index is 0.0258. The summed E-state index contributed by atoms with van der Waals surface area (Å²) in [4.78, 5) is 30.6. The molecule has 3 rings (SSSR count). The molecule has 8 heteroatoms. The van der Waals surface area contributed by atoms with Crippen LogP contribution in [0.2, 0.25) is 0 Å². The Hall–Kier alpha value is -2.74. The average molecular weight is 377 g/mol. The number of rotatable bonds is 4. The summed E-state index contributed by atoms with van der Waals surface area (Å²) in [7, 11) is 1.79. The van der Waals surface area contributed by atoms with Crippen LogP contribution in [0.1, 0.15) is 27.3 Å². The maximum atomic E-state index is 14.2. The van der Waals surface area contributed by atoms with E-state index in [-0.39, 0.29) is 23.6 Å². The largest absolute Gasteiger partial charge is 0.306 e. The van der Waals surface area contributed by atoms with Gasteiger partial charge >= 0.3 is 0 Å². The van der Waals surface area contributed by atoms with Gasteiger partial charge < -0.3 is 10.2 Å². The highest BCUT2D eigenvalue weighted by molar-refractivity contribution is 6.04. The first-order chi connectivity index (χ1) is 12.8. The van der Waals surface area contributed by atoms with Crippen molar-refractivity contribution in [2.24, 2.45) is 5.92 Å². The third-order valence-corrected chi connectivity index (χ3v) is 4.50. The number of carbonyl (C=O) groups excluding carboxylic acids is 2. The lowest BCUT2D eigenvalue weighted by atomic mass is 9.89. The van der Waals surface area contributed by atoms with Gasteiger partial charge in [-0.3, -0.25) is 9.59 Å². The van der Waals surface area contributed by atoms with E-state index in [9.17, 15) is 22.8 Å². The van der Waals surface area contributed by atoms with E-state index in [0.29, 0.717) is 19.0 Å². The minimum atomic E-state index is -1.29. The molecular weight excluding hydrogens is 359 g/mol. The second-order valence-corrected chi connectivity index (χ2v) is 6.52. The highest BCUT2D eigenvalue weighted by atomic mass is 19.1. The Morgan fingerprint density at radius 3 is 2.70 bits per heavy atom. The Labute approximate surface area is 154 Å². The minimum Gasteiger partial charge on any atom is -0.306 e. The summed E-state index contributed by atoms with van der Waals surface area (Å²) >= 11 is 0. The number of nitrogens with zero attached hydrogens (tertiary/aromatic N) is 2. The number of Topliss-reactive ketones (excluding diaryl/α,β-unsaturated/α-hetero) is 1. The number of amides is 1. The van der Waals surface area contributed by atoms with Crippen LogP contribution in [0.5, 0.6) is 0 Å². The first-order valence-electron chi connectivity index (χ1n) is 8.45. The molecule has 1 aliphatic heterocycles. The highest BCUT2D eigenvalue weighted by Gasteiger charge is 2.34. The number of likely N-dealkylation sites (tertiary alicyclic amines) is 1. The van der Waals surface area contributed by atoms with E-state index < -0.39 is 35.4 Å². The van der Waals surface area contributed by atoms with E-state index in [0.717, 1.165) is 12.1 Å². The van der Waals surface area contributed by atoms with Crippen molar-refractivity contribution in [1.82, 2.24) is 9.88 Å².